The zero-order chi connectivity index (χ0) is 11.4. The molecule has 1 rings (SSSR count). The number of esters is 2. The second kappa shape index (κ2) is 4.72. The monoisotopic (exact) mass is 212 g/mol. The molecule has 0 N–H and O–H groups in total. The molecule has 0 aromatic rings. The van der Waals surface area contributed by atoms with Crippen LogP contribution < -0.4 is 0 Å². The number of ketones is 1. The Hall–Kier alpha value is -1.65. The topological polar surface area (TPSA) is 69.7 Å². The summed E-state index contributed by atoms with van der Waals surface area (Å²) in [5.41, 5.74) is 0.354. The molecule has 0 bridgehead atoms. The van der Waals surface area contributed by atoms with Crippen LogP contribution in [0.1, 0.15) is 12.8 Å². The van der Waals surface area contributed by atoms with E-state index in [1.807, 2.05) is 0 Å². The van der Waals surface area contributed by atoms with Gasteiger partial charge in [-0.15, -0.1) is 0 Å². The number of Topliss-reactive ketones (excluding diaryl/α,β-unsaturated/α-hetero) is 1. The molecular formula is C10H12O5. The zero-order valence-electron chi connectivity index (χ0n) is 8.61. The van der Waals surface area contributed by atoms with Crippen LogP contribution in [-0.4, -0.2) is 31.9 Å². The van der Waals surface area contributed by atoms with Gasteiger partial charge in [-0.3, -0.25) is 9.59 Å². The first-order valence-corrected chi connectivity index (χ1v) is 4.49. The van der Waals surface area contributed by atoms with Gasteiger partial charge in [0.15, 0.2) is 5.78 Å². The normalized spacial score (nSPS) is 20.5. The minimum atomic E-state index is -0.960. The van der Waals surface area contributed by atoms with E-state index in [2.05, 4.69) is 9.47 Å². The Morgan fingerprint density at radius 3 is 2.47 bits per heavy atom. The van der Waals surface area contributed by atoms with Crippen molar-refractivity contribution in [3.8, 4) is 0 Å². The molecule has 0 aromatic carbocycles. The maximum atomic E-state index is 11.4. The van der Waals surface area contributed by atoms with E-state index < -0.39 is 17.9 Å². The summed E-state index contributed by atoms with van der Waals surface area (Å²) in [5, 5.41) is 0. The Kier molecular flexibility index (Phi) is 3.60. The van der Waals surface area contributed by atoms with E-state index in [0.717, 1.165) is 0 Å². The fourth-order valence-electron chi connectivity index (χ4n) is 1.42. The Morgan fingerprint density at radius 1 is 1.27 bits per heavy atom. The first-order chi connectivity index (χ1) is 7.10. The van der Waals surface area contributed by atoms with E-state index in [4.69, 9.17) is 0 Å². The summed E-state index contributed by atoms with van der Waals surface area (Å²) in [5.74, 6) is -2.33. The second-order valence-electron chi connectivity index (χ2n) is 3.15. The van der Waals surface area contributed by atoms with Gasteiger partial charge in [0.1, 0.15) is 5.92 Å². The number of hydrogen-bond donors (Lipinski definition) is 0. The van der Waals surface area contributed by atoms with Gasteiger partial charge in [0.2, 0.25) is 0 Å². The number of carbonyl (C=O) groups excluding carboxylic acids is 3. The molecule has 0 aliphatic heterocycles. The SMILES string of the molecule is COC(=O)C1=CC(C(=O)OC)C(=O)CC1. The standard InChI is InChI=1S/C10H12O5/c1-14-9(12)6-3-4-8(11)7(5-6)10(13)15-2/h5,7H,3-4H2,1-2H3. The van der Waals surface area contributed by atoms with Gasteiger partial charge < -0.3 is 9.47 Å². The molecule has 0 aromatic heterocycles. The minimum Gasteiger partial charge on any atom is -0.468 e. The van der Waals surface area contributed by atoms with Gasteiger partial charge in [-0.2, -0.15) is 0 Å². The highest BCUT2D eigenvalue weighted by molar-refractivity contribution is 6.04. The largest absolute Gasteiger partial charge is 0.468 e. The second-order valence-corrected chi connectivity index (χ2v) is 3.15. The molecule has 15 heavy (non-hydrogen) atoms. The molecule has 0 fully saturated rings. The smallest absolute Gasteiger partial charge is 0.333 e. The molecule has 0 heterocycles. The van der Waals surface area contributed by atoms with Gasteiger partial charge in [0.05, 0.1) is 14.2 Å². The van der Waals surface area contributed by atoms with Crippen molar-refractivity contribution in [2.45, 2.75) is 12.8 Å². The first kappa shape index (κ1) is 11.4. The van der Waals surface area contributed by atoms with E-state index >= 15 is 0 Å². The van der Waals surface area contributed by atoms with Crippen molar-refractivity contribution >= 4 is 17.7 Å². The third kappa shape index (κ3) is 2.43. The average molecular weight is 212 g/mol. The predicted molar refractivity (Wildman–Crippen MR) is 49.8 cm³/mol. The van der Waals surface area contributed by atoms with E-state index in [-0.39, 0.29) is 12.2 Å². The maximum absolute atomic E-state index is 11.4. The highest BCUT2D eigenvalue weighted by atomic mass is 16.5. The molecule has 1 aliphatic rings. The molecule has 1 unspecified atom stereocenters. The third-order valence-corrected chi connectivity index (χ3v) is 2.26. The number of methoxy groups -OCH3 is 2. The van der Waals surface area contributed by atoms with Crippen molar-refractivity contribution in [2.75, 3.05) is 14.2 Å². The van der Waals surface area contributed by atoms with Gasteiger partial charge in [-0.1, -0.05) is 6.08 Å². The molecule has 1 aliphatic carbocycles. The Labute approximate surface area is 87.0 Å². The van der Waals surface area contributed by atoms with Gasteiger partial charge in [0.25, 0.3) is 0 Å². The fraction of sp³-hybridized carbons (Fsp3) is 0.500. The number of rotatable bonds is 2. The Bertz CT molecular complexity index is 329. The lowest BCUT2D eigenvalue weighted by Gasteiger charge is -2.16. The summed E-state index contributed by atoms with van der Waals surface area (Å²) in [7, 11) is 2.46. The van der Waals surface area contributed by atoms with E-state index in [1.54, 1.807) is 0 Å². The summed E-state index contributed by atoms with van der Waals surface area (Å²) >= 11 is 0. The van der Waals surface area contributed by atoms with Gasteiger partial charge in [0, 0.05) is 12.0 Å². The van der Waals surface area contributed by atoms with Crippen LogP contribution in [0.25, 0.3) is 0 Å². The molecule has 0 amide bonds. The third-order valence-electron chi connectivity index (χ3n) is 2.26. The molecule has 5 heteroatoms. The van der Waals surface area contributed by atoms with Crippen molar-refractivity contribution in [1.29, 1.82) is 0 Å². The molecule has 0 radical (unpaired) electrons. The summed E-state index contributed by atoms with van der Waals surface area (Å²) in [6.45, 7) is 0. The molecule has 0 spiro atoms. The fourth-order valence-corrected chi connectivity index (χ4v) is 1.42. The van der Waals surface area contributed by atoms with Crippen molar-refractivity contribution in [1.82, 2.24) is 0 Å². The van der Waals surface area contributed by atoms with E-state index in [9.17, 15) is 14.4 Å². The number of hydrogen-bond acceptors (Lipinski definition) is 5. The minimum absolute atomic E-state index is 0.167. The molecule has 0 saturated heterocycles. The number of carbonyl (C=O) groups is 3. The number of ether oxygens (including phenoxy) is 2. The summed E-state index contributed by atoms with van der Waals surface area (Å²) in [4.78, 5) is 33.7. The quantitative estimate of drug-likeness (QED) is 0.484. The Morgan fingerprint density at radius 2 is 1.93 bits per heavy atom. The van der Waals surface area contributed by atoms with Crippen LogP contribution in [0.3, 0.4) is 0 Å². The van der Waals surface area contributed by atoms with Crippen LogP contribution in [0, 0.1) is 5.92 Å². The molecule has 0 saturated carbocycles. The van der Waals surface area contributed by atoms with Crippen LogP contribution >= 0.6 is 0 Å². The molecule has 82 valence electrons. The molecule has 5 nitrogen and oxygen atoms in total. The van der Waals surface area contributed by atoms with Crippen LogP contribution in [0.4, 0.5) is 0 Å². The first-order valence-electron chi connectivity index (χ1n) is 4.49. The molecular weight excluding hydrogens is 200 g/mol. The summed E-state index contributed by atoms with van der Waals surface area (Å²) < 4.78 is 8.98. The van der Waals surface area contributed by atoms with Crippen molar-refractivity contribution in [3.05, 3.63) is 11.6 Å². The zero-order valence-corrected chi connectivity index (χ0v) is 8.61. The predicted octanol–water partition coefficient (Wildman–Crippen LogP) is 0.238. The van der Waals surface area contributed by atoms with Crippen LogP contribution in [0.15, 0.2) is 11.6 Å². The lowest BCUT2D eigenvalue weighted by molar-refractivity contribution is -0.147. The van der Waals surface area contributed by atoms with Crippen LogP contribution in [0.5, 0.6) is 0 Å². The Balaban J connectivity index is 2.90. The van der Waals surface area contributed by atoms with Crippen molar-refractivity contribution in [2.24, 2.45) is 5.92 Å². The summed E-state index contributed by atoms with van der Waals surface area (Å²) in [6, 6.07) is 0. The van der Waals surface area contributed by atoms with Gasteiger partial charge in [-0.05, 0) is 6.42 Å². The average Bonchev–Trinajstić information content (AvgIpc) is 2.27. The van der Waals surface area contributed by atoms with E-state index in [1.165, 1.54) is 20.3 Å². The lowest BCUT2D eigenvalue weighted by Crippen LogP contribution is -2.28. The van der Waals surface area contributed by atoms with Crippen molar-refractivity contribution < 1.29 is 23.9 Å². The van der Waals surface area contributed by atoms with Gasteiger partial charge in [-0.25, -0.2) is 4.79 Å². The molecule has 1 atom stereocenters. The maximum Gasteiger partial charge on any atom is 0.333 e. The highest BCUT2D eigenvalue weighted by Crippen LogP contribution is 2.21. The van der Waals surface area contributed by atoms with Crippen LogP contribution in [0.2, 0.25) is 0 Å². The highest BCUT2D eigenvalue weighted by Gasteiger charge is 2.31. The lowest BCUT2D eigenvalue weighted by atomic mass is 9.89. The van der Waals surface area contributed by atoms with Crippen molar-refractivity contribution in [3.63, 3.8) is 0 Å². The van der Waals surface area contributed by atoms with Crippen LogP contribution in [-0.2, 0) is 23.9 Å². The van der Waals surface area contributed by atoms with Gasteiger partial charge >= 0.3 is 11.9 Å². The summed E-state index contributed by atoms with van der Waals surface area (Å²) in [6.07, 6.45) is 1.81. The van der Waals surface area contributed by atoms with E-state index in [0.29, 0.717) is 12.0 Å².